The van der Waals surface area contributed by atoms with Gasteiger partial charge in [-0.05, 0) is 56.0 Å². The molecular weight excluding hydrogens is 286 g/mol. The van der Waals surface area contributed by atoms with Gasteiger partial charge in [0.1, 0.15) is 0 Å². The molecule has 1 N–H and O–H groups in total. The molecule has 3 atom stereocenters. The molecule has 1 aromatic rings. The summed E-state index contributed by atoms with van der Waals surface area (Å²) in [6, 6.07) is 8.33. The number of carbonyl (C=O) groups excluding carboxylic acids is 1. The number of carbonyl (C=O) groups is 1. The summed E-state index contributed by atoms with van der Waals surface area (Å²) >= 11 is 0. The van der Waals surface area contributed by atoms with Gasteiger partial charge in [-0.15, -0.1) is 0 Å². The van der Waals surface area contributed by atoms with Crippen LogP contribution in [0.3, 0.4) is 0 Å². The van der Waals surface area contributed by atoms with Crippen molar-refractivity contribution in [2.24, 2.45) is 17.8 Å². The molecular formula is C19H25N3O. The molecule has 1 aromatic carbocycles. The molecule has 0 radical (unpaired) electrons. The molecule has 4 heteroatoms. The van der Waals surface area contributed by atoms with Crippen molar-refractivity contribution in [3.63, 3.8) is 0 Å². The summed E-state index contributed by atoms with van der Waals surface area (Å²) in [5, 5.41) is 3.11. The molecule has 4 nitrogen and oxygen atoms in total. The van der Waals surface area contributed by atoms with Gasteiger partial charge in [0.25, 0.3) is 0 Å². The number of rotatable bonds is 3. The molecule has 3 aliphatic rings. The van der Waals surface area contributed by atoms with Gasteiger partial charge in [0.05, 0.1) is 0 Å². The molecule has 1 saturated carbocycles. The van der Waals surface area contributed by atoms with E-state index in [4.69, 9.17) is 0 Å². The third-order valence-electron chi connectivity index (χ3n) is 5.62. The minimum Gasteiger partial charge on any atom is -0.369 e. The molecule has 4 rings (SSSR count). The summed E-state index contributed by atoms with van der Waals surface area (Å²) < 4.78 is 0. The molecule has 1 amide bonds. The molecule has 0 spiro atoms. The summed E-state index contributed by atoms with van der Waals surface area (Å²) in [7, 11) is 2.17. The van der Waals surface area contributed by atoms with Crippen LogP contribution in [0.5, 0.6) is 0 Å². The van der Waals surface area contributed by atoms with Gasteiger partial charge in [0.2, 0.25) is 5.91 Å². The topological polar surface area (TPSA) is 35.6 Å². The average Bonchev–Trinajstić information content (AvgIpc) is 3.19. The molecule has 1 aliphatic heterocycles. The summed E-state index contributed by atoms with van der Waals surface area (Å²) in [6.45, 7) is 4.35. The number of piperazine rings is 1. The Morgan fingerprint density at radius 3 is 2.39 bits per heavy atom. The normalized spacial score (nSPS) is 30.0. The van der Waals surface area contributed by atoms with Crippen LogP contribution < -0.4 is 10.2 Å². The predicted octanol–water partition coefficient (Wildman–Crippen LogP) is 2.59. The number of nitrogens with one attached hydrogen (secondary N) is 1. The van der Waals surface area contributed by atoms with Crippen LogP contribution in [0.1, 0.15) is 12.8 Å². The third kappa shape index (κ3) is 3.00. The van der Waals surface area contributed by atoms with E-state index in [0.29, 0.717) is 11.8 Å². The number of anilines is 2. The van der Waals surface area contributed by atoms with Crippen LogP contribution in [0.15, 0.2) is 36.4 Å². The Morgan fingerprint density at radius 2 is 1.78 bits per heavy atom. The highest BCUT2D eigenvalue weighted by Gasteiger charge is 2.39. The summed E-state index contributed by atoms with van der Waals surface area (Å²) in [4.78, 5) is 17.2. The van der Waals surface area contributed by atoms with Crippen molar-refractivity contribution < 1.29 is 4.79 Å². The van der Waals surface area contributed by atoms with Gasteiger partial charge in [-0.3, -0.25) is 4.79 Å². The predicted molar refractivity (Wildman–Crippen MR) is 93.6 cm³/mol. The van der Waals surface area contributed by atoms with Gasteiger partial charge in [-0.25, -0.2) is 0 Å². The summed E-state index contributed by atoms with van der Waals surface area (Å²) in [6.07, 6.45) is 6.70. The molecule has 2 aliphatic carbocycles. The minimum atomic E-state index is 0.169. The number of allylic oxidation sites excluding steroid dienone is 2. The first-order valence-corrected chi connectivity index (χ1v) is 8.72. The molecule has 1 saturated heterocycles. The second kappa shape index (κ2) is 6.00. The SMILES string of the molecule is CN1CCN(c2ccc(NC(=O)C3CC4C=CC3C4)cc2)CC1. The summed E-state index contributed by atoms with van der Waals surface area (Å²) in [5.41, 5.74) is 2.17. The maximum Gasteiger partial charge on any atom is 0.228 e. The van der Waals surface area contributed by atoms with Crippen molar-refractivity contribution in [3.05, 3.63) is 36.4 Å². The van der Waals surface area contributed by atoms with Crippen LogP contribution in [-0.2, 0) is 4.79 Å². The van der Waals surface area contributed by atoms with Crippen molar-refractivity contribution in [2.75, 3.05) is 43.4 Å². The molecule has 2 bridgehead atoms. The number of likely N-dealkylation sites (N-methyl/N-ethyl adjacent to an activating group) is 1. The Kier molecular flexibility index (Phi) is 3.85. The van der Waals surface area contributed by atoms with Crippen LogP contribution >= 0.6 is 0 Å². The van der Waals surface area contributed by atoms with E-state index in [1.54, 1.807) is 0 Å². The minimum absolute atomic E-state index is 0.169. The van der Waals surface area contributed by atoms with E-state index >= 15 is 0 Å². The first kappa shape index (κ1) is 14.8. The molecule has 0 aromatic heterocycles. The van der Waals surface area contributed by atoms with E-state index in [1.807, 2.05) is 12.1 Å². The fourth-order valence-corrected chi connectivity index (χ4v) is 4.14. The van der Waals surface area contributed by atoms with E-state index < -0.39 is 0 Å². The Bertz CT molecular complexity index is 602. The number of hydrogen-bond acceptors (Lipinski definition) is 3. The molecule has 1 heterocycles. The maximum absolute atomic E-state index is 12.5. The van der Waals surface area contributed by atoms with Crippen LogP contribution in [-0.4, -0.2) is 44.0 Å². The quantitative estimate of drug-likeness (QED) is 0.872. The lowest BCUT2D eigenvalue weighted by Gasteiger charge is -2.34. The highest BCUT2D eigenvalue weighted by atomic mass is 16.1. The standard InChI is InChI=1S/C19H25N3O/c1-21-8-10-22(11-9-21)17-6-4-16(5-7-17)20-19(23)18-13-14-2-3-15(18)12-14/h2-7,14-15,18H,8-13H2,1H3,(H,20,23). The monoisotopic (exact) mass is 311 g/mol. The number of nitrogens with zero attached hydrogens (tertiary/aromatic N) is 2. The Balaban J connectivity index is 1.37. The van der Waals surface area contributed by atoms with Gasteiger partial charge in [0.15, 0.2) is 0 Å². The molecule has 2 fully saturated rings. The lowest BCUT2D eigenvalue weighted by molar-refractivity contribution is -0.120. The molecule has 3 unspecified atom stereocenters. The Labute approximate surface area is 138 Å². The van der Waals surface area contributed by atoms with Crippen LogP contribution in [0, 0.1) is 17.8 Å². The van der Waals surface area contributed by atoms with E-state index in [9.17, 15) is 4.79 Å². The fourth-order valence-electron chi connectivity index (χ4n) is 4.14. The fraction of sp³-hybridized carbons (Fsp3) is 0.526. The van der Waals surface area contributed by atoms with E-state index in [1.165, 1.54) is 12.1 Å². The van der Waals surface area contributed by atoms with Crippen molar-refractivity contribution in [3.8, 4) is 0 Å². The zero-order valence-electron chi connectivity index (χ0n) is 13.7. The van der Waals surface area contributed by atoms with Crippen LogP contribution in [0.25, 0.3) is 0 Å². The van der Waals surface area contributed by atoms with Crippen molar-refractivity contribution in [1.29, 1.82) is 0 Å². The van der Waals surface area contributed by atoms with E-state index in [-0.39, 0.29) is 11.8 Å². The number of benzene rings is 1. The number of amides is 1. The van der Waals surface area contributed by atoms with Gasteiger partial charge >= 0.3 is 0 Å². The lowest BCUT2D eigenvalue weighted by Crippen LogP contribution is -2.44. The third-order valence-corrected chi connectivity index (χ3v) is 5.62. The zero-order chi connectivity index (χ0) is 15.8. The van der Waals surface area contributed by atoms with E-state index in [2.05, 4.69) is 46.4 Å². The Hall–Kier alpha value is -1.81. The number of hydrogen-bond donors (Lipinski definition) is 1. The second-order valence-corrected chi connectivity index (χ2v) is 7.21. The van der Waals surface area contributed by atoms with Crippen LogP contribution in [0.2, 0.25) is 0 Å². The number of fused-ring (bicyclic) bond motifs is 2. The van der Waals surface area contributed by atoms with Crippen molar-refractivity contribution >= 4 is 17.3 Å². The highest BCUT2D eigenvalue weighted by Crippen LogP contribution is 2.43. The average molecular weight is 311 g/mol. The van der Waals surface area contributed by atoms with Crippen LogP contribution in [0.4, 0.5) is 11.4 Å². The molecule has 122 valence electrons. The Morgan fingerprint density at radius 1 is 1.04 bits per heavy atom. The first-order chi connectivity index (χ1) is 11.2. The lowest BCUT2D eigenvalue weighted by atomic mass is 9.93. The largest absolute Gasteiger partial charge is 0.369 e. The van der Waals surface area contributed by atoms with Crippen molar-refractivity contribution in [1.82, 2.24) is 4.90 Å². The van der Waals surface area contributed by atoms with Gasteiger partial charge in [0, 0.05) is 43.5 Å². The van der Waals surface area contributed by atoms with Gasteiger partial charge in [-0.2, -0.15) is 0 Å². The second-order valence-electron chi connectivity index (χ2n) is 7.21. The smallest absolute Gasteiger partial charge is 0.228 e. The van der Waals surface area contributed by atoms with Gasteiger partial charge < -0.3 is 15.1 Å². The summed E-state index contributed by atoms with van der Waals surface area (Å²) in [5.74, 6) is 1.46. The maximum atomic E-state index is 12.5. The van der Waals surface area contributed by atoms with E-state index in [0.717, 1.165) is 38.3 Å². The zero-order valence-corrected chi connectivity index (χ0v) is 13.7. The van der Waals surface area contributed by atoms with Crippen molar-refractivity contribution in [2.45, 2.75) is 12.8 Å². The molecule has 23 heavy (non-hydrogen) atoms. The first-order valence-electron chi connectivity index (χ1n) is 8.72. The van der Waals surface area contributed by atoms with Gasteiger partial charge in [-0.1, -0.05) is 12.2 Å². The highest BCUT2D eigenvalue weighted by molar-refractivity contribution is 5.93.